The van der Waals surface area contributed by atoms with Gasteiger partial charge in [0.15, 0.2) is 0 Å². The zero-order chi connectivity index (χ0) is 14.8. The molecule has 116 valence electrons. The van der Waals surface area contributed by atoms with Crippen LogP contribution in [0.4, 0.5) is 0 Å². The maximum atomic E-state index is 12.9. The summed E-state index contributed by atoms with van der Waals surface area (Å²) < 4.78 is 1.75. The summed E-state index contributed by atoms with van der Waals surface area (Å²) in [5.74, 6) is 0.779. The van der Waals surface area contributed by atoms with Gasteiger partial charge in [0.05, 0.1) is 5.69 Å². The smallest absolute Gasteiger partial charge is 0.272 e. The van der Waals surface area contributed by atoms with Crippen LogP contribution in [0.15, 0.2) is 6.07 Å². The van der Waals surface area contributed by atoms with E-state index in [9.17, 15) is 4.79 Å². The Labute approximate surface area is 126 Å². The van der Waals surface area contributed by atoms with Gasteiger partial charge in [-0.1, -0.05) is 6.92 Å². The van der Waals surface area contributed by atoms with Crippen molar-refractivity contribution in [3.05, 3.63) is 17.5 Å². The normalized spacial score (nSPS) is 26.3. The van der Waals surface area contributed by atoms with Gasteiger partial charge in [-0.3, -0.25) is 9.48 Å². The molecule has 21 heavy (non-hydrogen) atoms. The number of carbonyl (C=O) groups is 1. The van der Waals surface area contributed by atoms with Crippen molar-refractivity contribution in [2.45, 2.75) is 45.1 Å². The van der Waals surface area contributed by atoms with Crippen molar-refractivity contribution in [2.24, 2.45) is 13.0 Å². The third-order valence-electron chi connectivity index (χ3n) is 4.95. The van der Waals surface area contributed by atoms with Gasteiger partial charge >= 0.3 is 0 Å². The zero-order valence-corrected chi connectivity index (χ0v) is 13.1. The number of likely N-dealkylation sites (tertiary alicyclic amines) is 1. The van der Waals surface area contributed by atoms with E-state index in [4.69, 9.17) is 0 Å². The van der Waals surface area contributed by atoms with Crippen molar-refractivity contribution in [3.63, 3.8) is 0 Å². The topological polar surface area (TPSA) is 50.2 Å². The predicted octanol–water partition coefficient (Wildman–Crippen LogP) is 1.59. The summed E-state index contributed by atoms with van der Waals surface area (Å²) in [5.41, 5.74) is 1.73. The van der Waals surface area contributed by atoms with E-state index in [1.165, 1.54) is 12.8 Å². The van der Waals surface area contributed by atoms with Gasteiger partial charge < -0.3 is 10.2 Å². The van der Waals surface area contributed by atoms with Gasteiger partial charge in [-0.05, 0) is 57.2 Å². The molecule has 0 aliphatic carbocycles. The molecule has 2 unspecified atom stereocenters. The van der Waals surface area contributed by atoms with Crippen molar-refractivity contribution < 1.29 is 4.79 Å². The van der Waals surface area contributed by atoms with Crippen molar-refractivity contribution in [2.75, 3.05) is 19.6 Å². The van der Waals surface area contributed by atoms with Crippen LogP contribution in [0.1, 0.15) is 48.8 Å². The van der Waals surface area contributed by atoms with Gasteiger partial charge in [0, 0.05) is 19.6 Å². The molecule has 1 aromatic rings. The summed E-state index contributed by atoms with van der Waals surface area (Å²) in [5, 5.41) is 7.90. The van der Waals surface area contributed by atoms with Crippen molar-refractivity contribution in [1.82, 2.24) is 20.0 Å². The molecule has 2 fully saturated rings. The minimum atomic E-state index is 0.165. The van der Waals surface area contributed by atoms with E-state index in [0.717, 1.165) is 50.3 Å². The molecule has 0 bridgehead atoms. The number of nitrogens with zero attached hydrogens (tertiary/aromatic N) is 3. The van der Waals surface area contributed by atoms with Crippen LogP contribution in [-0.2, 0) is 13.5 Å². The summed E-state index contributed by atoms with van der Waals surface area (Å²) in [7, 11) is 1.87. The monoisotopic (exact) mass is 290 g/mol. The van der Waals surface area contributed by atoms with E-state index in [1.807, 2.05) is 13.1 Å². The van der Waals surface area contributed by atoms with Gasteiger partial charge in [0.25, 0.3) is 5.91 Å². The minimum Gasteiger partial charge on any atom is -0.334 e. The van der Waals surface area contributed by atoms with Crippen molar-refractivity contribution in [1.29, 1.82) is 0 Å². The molecule has 2 aliphatic heterocycles. The highest BCUT2D eigenvalue weighted by atomic mass is 16.2. The van der Waals surface area contributed by atoms with Crippen LogP contribution in [0.25, 0.3) is 0 Å². The molecule has 2 atom stereocenters. The molecule has 0 aromatic carbocycles. The zero-order valence-electron chi connectivity index (χ0n) is 13.1. The van der Waals surface area contributed by atoms with Crippen molar-refractivity contribution >= 4 is 5.91 Å². The Morgan fingerprint density at radius 2 is 2.29 bits per heavy atom. The summed E-state index contributed by atoms with van der Waals surface area (Å²) >= 11 is 0. The van der Waals surface area contributed by atoms with Crippen LogP contribution in [0, 0.1) is 5.92 Å². The number of hydrogen-bond acceptors (Lipinski definition) is 3. The lowest BCUT2D eigenvalue weighted by molar-refractivity contribution is 0.0659. The quantitative estimate of drug-likeness (QED) is 0.919. The fraction of sp³-hybridized carbons (Fsp3) is 0.750. The average molecular weight is 290 g/mol. The lowest BCUT2D eigenvalue weighted by atomic mass is 9.90. The highest BCUT2D eigenvalue weighted by Crippen LogP contribution is 2.29. The van der Waals surface area contributed by atoms with Gasteiger partial charge in [0.2, 0.25) is 0 Å². The molecule has 1 N–H and O–H groups in total. The largest absolute Gasteiger partial charge is 0.334 e. The summed E-state index contributed by atoms with van der Waals surface area (Å²) in [4.78, 5) is 15.0. The van der Waals surface area contributed by atoms with Gasteiger partial charge in [-0.2, -0.15) is 5.10 Å². The Morgan fingerprint density at radius 3 is 2.95 bits per heavy atom. The first-order valence-electron chi connectivity index (χ1n) is 8.25. The molecule has 0 spiro atoms. The van der Waals surface area contributed by atoms with Gasteiger partial charge in [0.1, 0.15) is 5.69 Å². The van der Waals surface area contributed by atoms with E-state index in [1.54, 1.807) is 4.68 Å². The second-order valence-corrected chi connectivity index (χ2v) is 6.31. The number of amides is 1. The molecule has 3 heterocycles. The molecule has 0 saturated carbocycles. The van der Waals surface area contributed by atoms with Crippen LogP contribution in [-0.4, -0.2) is 46.3 Å². The molecular weight excluding hydrogens is 264 g/mol. The SMILES string of the molecule is CCc1cc(C(=O)N2CCCC2C2CCCNC2)n(C)n1. The van der Waals surface area contributed by atoms with E-state index in [-0.39, 0.29) is 5.91 Å². The maximum absolute atomic E-state index is 12.9. The molecule has 2 aliphatic rings. The Morgan fingerprint density at radius 1 is 1.43 bits per heavy atom. The maximum Gasteiger partial charge on any atom is 0.272 e. The summed E-state index contributed by atoms with van der Waals surface area (Å²) in [6, 6.07) is 2.36. The average Bonchev–Trinajstić information content (AvgIpc) is 3.14. The van der Waals surface area contributed by atoms with Crippen LogP contribution < -0.4 is 5.32 Å². The van der Waals surface area contributed by atoms with Crippen LogP contribution in [0.3, 0.4) is 0 Å². The number of hydrogen-bond donors (Lipinski definition) is 1. The second-order valence-electron chi connectivity index (χ2n) is 6.31. The first-order chi connectivity index (χ1) is 10.2. The predicted molar refractivity (Wildman–Crippen MR) is 82.2 cm³/mol. The van der Waals surface area contributed by atoms with E-state index in [2.05, 4.69) is 22.2 Å². The number of aromatic nitrogens is 2. The van der Waals surface area contributed by atoms with Gasteiger partial charge in [-0.15, -0.1) is 0 Å². The van der Waals surface area contributed by atoms with Crippen LogP contribution in [0.2, 0.25) is 0 Å². The summed E-state index contributed by atoms with van der Waals surface area (Å²) in [6.07, 6.45) is 5.63. The lowest BCUT2D eigenvalue weighted by Gasteiger charge is -2.34. The standard InChI is InChI=1S/C16H26N4O/c1-3-13-10-15(19(2)18-13)16(21)20-9-5-7-14(20)12-6-4-8-17-11-12/h10,12,14,17H,3-9,11H2,1-2H3. The lowest BCUT2D eigenvalue weighted by Crippen LogP contribution is -2.46. The third-order valence-corrected chi connectivity index (χ3v) is 4.95. The molecule has 3 rings (SSSR count). The highest BCUT2D eigenvalue weighted by molar-refractivity contribution is 5.93. The van der Waals surface area contributed by atoms with E-state index >= 15 is 0 Å². The molecule has 5 heteroatoms. The first kappa shape index (κ1) is 14.6. The minimum absolute atomic E-state index is 0.165. The number of nitrogens with one attached hydrogen (secondary N) is 1. The number of carbonyl (C=O) groups excluding carboxylic acids is 1. The van der Waals surface area contributed by atoms with Crippen LogP contribution >= 0.6 is 0 Å². The Kier molecular flexibility index (Phi) is 4.29. The van der Waals surface area contributed by atoms with E-state index in [0.29, 0.717) is 12.0 Å². The fourth-order valence-electron chi connectivity index (χ4n) is 3.79. The van der Waals surface area contributed by atoms with E-state index < -0.39 is 0 Å². The molecule has 5 nitrogen and oxygen atoms in total. The fourth-order valence-corrected chi connectivity index (χ4v) is 3.79. The Balaban J connectivity index is 1.77. The Hall–Kier alpha value is -1.36. The molecular formula is C16H26N4O. The first-order valence-corrected chi connectivity index (χ1v) is 8.25. The Bertz CT molecular complexity index is 504. The van der Waals surface area contributed by atoms with Crippen molar-refractivity contribution in [3.8, 4) is 0 Å². The molecule has 0 radical (unpaired) electrons. The molecule has 2 saturated heterocycles. The van der Waals surface area contributed by atoms with Gasteiger partial charge in [-0.25, -0.2) is 0 Å². The van der Waals surface area contributed by atoms with Crippen LogP contribution in [0.5, 0.6) is 0 Å². The number of piperidine rings is 1. The second kappa shape index (κ2) is 6.18. The third kappa shape index (κ3) is 2.84. The summed E-state index contributed by atoms with van der Waals surface area (Å²) in [6.45, 7) is 5.15. The highest BCUT2D eigenvalue weighted by Gasteiger charge is 2.36. The number of aryl methyl sites for hydroxylation is 2. The molecule has 1 aromatic heterocycles. The number of rotatable bonds is 3. The molecule has 1 amide bonds.